The number of halogens is 1. The number of nitrogens with zero attached hydrogens (tertiary/aromatic N) is 3. The highest BCUT2D eigenvalue weighted by molar-refractivity contribution is 6.06. The molecule has 0 aliphatic carbocycles. The van der Waals surface area contributed by atoms with Gasteiger partial charge in [0.1, 0.15) is 11.3 Å². The van der Waals surface area contributed by atoms with Crippen molar-refractivity contribution in [3.8, 4) is 17.0 Å². The van der Waals surface area contributed by atoms with Gasteiger partial charge in [0.25, 0.3) is 0 Å². The van der Waals surface area contributed by atoms with Crippen LogP contribution in [0.1, 0.15) is 11.3 Å². The van der Waals surface area contributed by atoms with E-state index in [9.17, 15) is 9.50 Å². The van der Waals surface area contributed by atoms with Crippen molar-refractivity contribution in [2.24, 2.45) is 0 Å². The van der Waals surface area contributed by atoms with E-state index in [1.807, 2.05) is 0 Å². The molecular weight excluding hydrogens is 385 g/mol. The second kappa shape index (κ2) is 8.04. The summed E-state index contributed by atoms with van der Waals surface area (Å²) in [5, 5.41) is 27.5. The molecule has 0 aliphatic heterocycles. The van der Waals surface area contributed by atoms with Crippen molar-refractivity contribution in [2.45, 2.75) is 6.42 Å². The number of rotatable bonds is 4. The highest BCUT2D eigenvalue weighted by Crippen LogP contribution is 2.33. The quantitative estimate of drug-likeness (QED) is 0.352. The first-order valence-electron chi connectivity index (χ1n) is 8.99. The number of fused-ring (bicyclic) bond motifs is 1. The van der Waals surface area contributed by atoms with Crippen molar-refractivity contribution >= 4 is 22.7 Å². The molecular formula is C22H16FN5O2. The fourth-order valence-electron chi connectivity index (χ4n) is 3.01. The SMILES string of the molecule is N=C(Cc1ccc(F)cc1)OC(=N)c1nc(-c2ccncc2)c2cccnc2c1O. The van der Waals surface area contributed by atoms with Crippen molar-refractivity contribution in [3.63, 3.8) is 0 Å². The summed E-state index contributed by atoms with van der Waals surface area (Å²) in [6, 6.07) is 12.7. The predicted octanol–water partition coefficient (Wildman–Crippen LogP) is 4.10. The molecule has 0 saturated carbocycles. The van der Waals surface area contributed by atoms with Gasteiger partial charge >= 0.3 is 0 Å². The summed E-state index contributed by atoms with van der Waals surface area (Å²) in [6.45, 7) is 0. The second-order valence-corrected chi connectivity index (χ2v) is 6.45. The molecule has 0 amide bonds. The lowest BCUT2D eigenvalue weighted by Crippen LogP contribution is -2.16. The fourth-order valence-corrected chi connectivity index (χ4v) is 3.01. The Morgan fingerprint density at radius 1 is 1.00 bits per heavy atom. The van der Waals surface area contributed by atoms with Gasteiger partial charge < -0.3 is 9.84 Å². The van der Waals surface area contributed by atoms with Crippen LogP contribution >= 0.6 is 0 Å². The third-order valence-corrected chi connectivity index (χ3v) is 4.41. The van der Waals surface area contributed by atoms with Gasteiger partial charge in [0.05, 0.1) is 5.69 Å². The average Bonchev–Trinajstić information content (AvgIpc) is 2.76. The van der Waals surface area contributed by atoms with Crippen LogP contribution in [0, 0.1) is 16.6 Å². The molecule has 4 aromatic rings. The minimum Gasteiger partial charge on any atom is -0.504 e. The van der Waals surface area contributed by atoms with E-state index in [1.165, 1.54) is 30.5 Å². The van der Waals surface area contributed by atoms with Gasteiger partial charge in [0.15, 0.2) is 17.3 Å². The molecule has 3 N–H and O–H groups in total. The van der Waals surface area contributed by atoms with E-state index >= 15 is 0 Å². The van der Waals surface area contributed by atoms with Gasteiger partial charge in [0, 0.05) is 36.0 Å². The lowest BCUT2D eigenvalue weighted by molar-refractivity contribution is 0.467. The van der Waals surface area contributed by atoms with Gasteiger partial charge in [-0.15, -0.1) is 0 Å². The molecule has 0 atom stereocenters. The summed E-state index contributed by atoms with van der Waals surface area (Å²) in [5.41, 5.74) is 2.04. The van der Waals surface area contributed by atoms with Gasteiger partial charge in [0.2, 0.25) is 5.90 Å². The molecule has 7 nitrogen and oxygen atoms in total. The zero-order valence-corrected chi connectivity index (χ0v) is 15.6. The normalized spacial score (nSPS) is 10.7. The van der Waals surface area contributed by atoms with Gasteiger partial charge in [-0.3, -0.25) is 20.8 Å². The first-order valence-corrected chi connectivity index (χ1v) is 8.99. The van der Waals surface area contributed by atoms with Gasteiger partial charge in [-0.25, -0.2) is 9.37 Å². The van der Waals surface area contributed by atoms with Crippen LogP contribution < -0.4 is 0 Å². The number of hydrogen-bond acceptors (Lipinski definition) is 7. The Morgan fingerprint density at radius 2 is 1.73 bits per heavy atom. The molecule has 0 radical (unpaired) electrons. The maximum absolute atomic E-state index is 13.0. The molecule has 1 aromatic carbocycles. The summed E-state index contributed by atoms with van der Waals surface area (Å²) >= 11 is 0. The average molecular weight is 401 g/mol. The summed E-state index contributed by atoms with van der Waals surface area (Å²) in [6.07, 6.45) is 4.83. The number of benzene rings is 1. The smallest absolute Gasteiger partial charge is 0.243 e. The molecule has 0 bridgehead atoms. The van der Waals surface area contributed by atoms with Crippen LogP contribution in [0.5, 0.6) is 5.75 Å². The predicted molar refractivity (Wildman–Crippen MR) is 110 cm³/mol. The number of ether oxygens (including phenoxy) is 1. The monoisotopic (exact) mass is 401 g/mol. The molecule has 8 heteroatoms. The fraction of sp³-hybridized carbons (Fsp3) is 0.0455. The molecule has 0 spiro atoms. The summed E-state index contributed by atoms with van der Waals surface area (Å²) in [7, 11) is 0. The van der Waals surface area contributed by atoms with Gasteiger partial charge in [-0.2, -0.15) is 0 Å². The van der Waals surface area contributed by atoms with E-state index in [-0.39, 0.29) is 35.1 Å². The molecule has 3 heterocycles. The van der Waals surface area contributed by atoms with E-state index in [2.05, 4.69) is 15.0 Å². The summed E-state index contributed by atoms with van der Waals surface area (Å²) in [4.78, 5) is 12.6. The van der Waals surface area contributed by atoms with E-state index in [1.54, 1.807) is 36.7 Å². The van der Waals surface area contributed by atoms with Crippen LogP contribution in [-0.2, 0) is 11.2 Å². The van der Waals surface area contributed by atoms with Crippen LogP contribution in [0.3, 0.4) is 0 Å². The zero-order valence-electron chi connectivity index (χ0n) is 15.6. The number of hydrogen-bond donors (Lipinski definition) is 3. The first kappa shape index (κ1) is 19.1. The zero-order chi connectivity index (χ0) is 21.1. The Balaban J connectivity index is 1.68. The topological polar surface area (TPSA) is 116 Å². The van der Waals surface area contributed by atoms with Crippen molar-refractivity contribution < 1.29 is 14.2 Å². The van der Waals surface area contributed by atoms with Crippen LogP contribution in [-0.4, -0.2) is 31.9 Å². The maximum atomic E-state index is 13.0. The Labute approximate surface area is 170 Å². The van der Waals surface area contributed by atoms with E-state index < -0.39 is 5.90 Å². The number of aromatic hydroxyl groups is 1. The molecule has 0 aliphatic rings. The summed E-state index contributed by atoms with van der Waals surface area (Å²) in [5.74, 6) is -1.40. The van der Waals surface area contributed by atoms with Crippen molar-refractivity contribution in [3.05, 3.63) is 84.2 Å². The maximum Gasteiger partial charge on any atom is 0.243 e. The minimum absolute atomic E-state index is 0.0620. The van der Waals surface area contributed by atoms with Crippen LogP contribution in [0.2, 0.25) is 0 Å². The van der Waals surface area contributed by atoms with Crippen LogP contribution in [0.4, 0.5) is 4.39 Å². The Morgan fingerprint density at radius 3 is 2.47 bits per heavy atom. The molecule has 4 rings (SSSR count). The molecule has 0 unspecified atom stereocenters. The minimum atomic E-state index is -0.484. The van der Waals surface area contributed by atoms with Crippen molar-refractivity contribution in [1.29, 1.82) is 10.8 Å². The standard InChI is InChI=1S/C22H16FN5O2/c23-15-5-3-13(4-6-15)12-17(24)30-22(25)20-21(29)19-16(2-1-9-27-19)18(28-20)14-7-10-26-11-8-14/h1-11,24-25,29H,12H2. The Hall–Kier alpha value is -4.20. The largest absolute Gasteiger partial charge is 0.504 e. The Kier molecular flexibility index (Phi) is 5.13. The van der Waals surface area contributed by atoms with Crippen molar-refractivity contribution in [2.75, 3.05) is 0 Å². The first-order chi connectivity index (χ1) is 14.5. The lowest BCUT2D eigenvalue weighted by Gasteiger charge is -2.13. The Bertz CT molecular complexity index is 1240. The third-order valence-electron chi connectivity index (χ3n) is 4.41. The molecule has 3 aromatic heterocycles. The number of pyridine rings is 3. The molecule has 148 valence electrons. The highest BCUT2D eigenvalue weighted by Gasteiger charge is 2.20. The third kappa shape index (κ3) is 3.83. The van der Waals surface area contributed by atoms with Crippen molar-refractivity contribution in [1.82, 2.24) is 15.0 Å². The van der Waals surface area contributed by atoms with Crippen LogP contribution in [0.15, 0.2) is 67.1 Å². The van der Waals surface area contributed by atoms with E-state index in [4.69, 9.17) is 15.6 Å². The lowest BCUT2D eigenvalue weighted by atomic mass is 10.1. The van der Waals surface area contributed by atoms with Crippen LogP contribution in [0.25, 0.3) is 22.2 Å². The van der Waals surface area contributed by atoms with Gasteiger partial charge in [-0.1, -0.05) is 12.1 Å². The molecule has 30 heavy (non-hydrogen) atoms. The molecule has 0 saturated heterocycles. The number of nitrogens with one attached hydrogen (secondary N) is 2. The summed E-state index contributed by atoms with van der Waals surface area (Å²) < 4.78 is 18.3. The van der Waals surface area contributed by atoms with E-state index in [0.29, 0.717) is 16.6 Å². The number of aromatic nitrogens is 3. The molecule has 0 fully saturated rings. The highest BCUT2D eigenvalue weighted by atomic mass is 19.1. The van der Waals surface area contributed by atoms with Gasteiger partial charge in [-0.05, 0) is 42.0 Å². The van der Waals surface area contributed by atoms with E-state index in [0.717, 1.165) is 5.56 Å². The second-order valence-electron chi connectivity index (χ2n) is 6.45.